The second-order valence-electron chi connectivity index (χ2n) is 9.23. The zero-order chi connectivity index (χ0) is 24.9. The molecular weight excluding hydrogens is 450 g/mol. The lowest BCUT2D eigenvalue weighted by Gasteiger charge is -2.21. The number of amides is 1. The molecule has 5 rings (SSSR count). The molecule has 1 saturated heterocycles. The van der Waals surface area contributed by atoms with Crippen LogP contribution in [-0.4, -0.2) is 49.1 Å². The lowest BCUT2D eigenvalue weighted by molar-refractivity contribution is -0.115. The third-order valence-electron chi connectivity index (χ3n) is 6.91. The topological polar surface area (TPSA) is 63.7 Å². The summed E-state index contributed by atoms with van der Waals surface area (Å²) in [6.07, 6.45) is 6.18. The van der Waals surface area contributed by atoms with Crippen molar-refractivity contribution in [3.8, 4) is 22.6 Å². The number of methoxy groups -OCH3 is 1. The van der Waals surface area contributed by atoms with Crippen molar-refractivity contribution in [1.29, 1.82) is 0 Å². The molecule has 3 aromatic carbocycles. The van der Waals surface area contributed by atoms with Crippen LogP contribution < -0.4 is 14.8 Å². The predicted octanol–water partition coefficient (Wildman–Crippen LogP) is 5.56. The van der Waals surface area contributed by atoms with E-state index in [0.29, 0.717) is 29.8 Å². The first-order valence-corrected chi connectivity index (χ1v) is 12.3. The summed E-state index contributed by atoms with van der Waals surface area (Å²) < 4.78 is 11.6. The average molecular weight is 482 g/mol. The maximum atomic E-state index is 13.1. The van der Waals surface area contributed by atoms with Crippen molar-refractivity contribution in [3.05, 3.63) is 84.7 Å². The van der Waals surface area contributed by atoms with Gasteiger partial charge in [-0.15, -0.1) is 0 Å². The maximum absolute atomic E-state index is 13.1. The number of pyridine rings is 1. The summed E-state index contributed by atoms with van der Waals surface area (Å²) >= 11 is 0. The van der Waals surface area contributed by atoms with E-state index in [1.165, 1.54) is 6.42 Å². The van der Waals surface area contributed by atoms with Crippen LogP contribution in [0.5, 0.6) is 11.5 Å². The molecule has 0 spiro atoms. The van der Waals surface area contributed by atoms with Gasteiger partial charge < -0.3 is 19.7 Å². The van der Waals surface area contributed by atoms with Gasteiger partial charge in [0.2, 0.25) is 5.91 Å². The van der Waals surface area contributed by atoms with E-state index in [1.54, 1.807) is 19.5 Å². The van der Waals surface area contributed by atoms with Crippen LogP contribution in [0.3, 0.4) is 0 Å². The number of rotatable bonds is 8. The number of hydrogen-bond acceptors (Lipinski definition) is 5. The predicted molar refractivity (Wildman–Crippen MR) is 144 cm³/mol. The molecule has 36 heavy (non-hydrogen) atoms. The van der Waals surface area contributed by atoms with Crippen molar-refractivity contribution in [1.82, 2.24) is 9.88 Å². The van der Waals surface area contributed by atoms with Crippen molar-refractivity contribution < 1.29 is 14.3 Å². The normalized spacial score (nSPS) is 15.7. The highest BCUT2D eigenvalue weighted by molar-refractivity contribution is 6.01. The highest BCUT2D eigenvalue weighted by atomic mass is 16.5. The Balaban J connectivity index is 1.32. The zero-order valence-electron chi connectivity index (χ0n) is 20.7. The van der Waals surface area contributed by atoms with E-state index in [2.05, 4.69) is 40.4 Å². The summed E-state index contributed by atoms with van der Waals surface area (Å²) in [4.78, 5) is 19.5. The number of anilines is 1. The van der Waals surface area contributed by atoms with Crippen LogP contribution in [0.2, 0.25) is 0 Å². The molecule has 1 aliphatic heterocycles. The molecule has 0 aliphatic carbocycles. The Morgan fingerprint density at radius 2 is 1.83 bits per heavy atom. The lowest BCUT2D eigenvalue weighted by atomic mass is 9.94. The van der Waals surface area contributed by atoms with Gasteiger partial charge in [-0.1, -0.05) is 36.4 Å². The van der Waals surface area contributed by atoms with Crippen LogP contribution in [0.25, 0.3) is 21.9 Å². The summed E-state index contributed by atoms with van der Waals surface area (Å²) in [5.74, 6) is 1.22. The molecule has 1 atom stereocenters. The van der Waals surface area contributed by atoms with Crippen molar-refractivity contribution >= 4 is 22.4 Å². The number of aromatic nitrogens is 1. The second kappa shape index (κ2) is 10.8. The number of carbonyl (C=O) groups is 1. The molecule has 2 heterocycles. The minimum Gasteiger partial charge on any atom is -0.493 e. The molecule has 0 saturated carbocycles. The summed E-state index contributed by atoms with van der Waals surface area (Å²) in [6.45, 7) is 1.69. The monoisotopic (exact) mass is 481 g/mol. The van der Waals surface area contributed by atoms with E-state index < -0.39 is 0 Å². The minimum absolute atomic E-state index is 0.0801. The van der Waals surface area contributed by atoms with Crippen molar-refractivity contribution in [2.45, 2.75) is 25.3 Å². The summed E-state index contributed by atoms with van der Waals surface area (Å²) in [6, 6.07) is 22.3. The molecule has 1 aromatic heterocycles. The lowest BCUT2D eigenvalue weighted by Crippen LogP contribution is -2.30. The van der Waals surface area contributed by atoms with Gasteiger partial charge in [-0.05, 0) is 78.2 Å². The van der Waals surface area contributed by atoms with Crippen molar-refractivity contribution in [3.63, 3.8) is 0 Å². The van der Waals surface area contributed by atoms with Crippen LogP contribution in [0.4, 0.5) is 5.69 Å². The van der Waals surface area contributed by atoms with Crippen LogP contribution in [0, 0.1) is 0 Å². The summed E-state index contributed by atoms with van der Waals surface area (Å²) in [5.41, 5.74) is 3.90. The Morgan fingerprint density at radius 3 is 2.58 bits per heavy atom. The fourth-order valence-corrected chi connectivity index (χ4v) is 4.92. The number of benzene rings is 3. The Bertz CT molecular complexity index is 1360. The number of hydrogen-bond donors (Lipinski definition) is 1. The maximum Gasteiger partial charge on any atom is 0.228 e. The molecule has 1 aliphatic rings. The second-order valence-corrected chi connectivity index (χ2v) is 9.23. The minimum atomic E-state index is -0.0801. The first-order chi connectivity index (χ1) is 17.6. The smallest absolute Gasteiger partial charge is 0.228 e. The first kappa shape index (κ1) is 23.8. The van der Waals surface area contributed by atoms with Gasteiger partial charge in [0.15, 0.2) is 11.5 Å². The third-order valence-corrected chi connectivity index (χ3v) is 6.91. The van der Waals surface area contributed by atoms with Gasteiger partial charge in [-0.2, -0.15) is 0 Å². The molecule has 0 bridgehead atoms. The van der Waals surface area contributed by atoms with Gasteiger partial charge in [-0.25, -0.2) is 0 Å². The molecule has 6 heteroatoms. The molecule has 1 amide bonds. The Labute approximate surface area is 211 Å². The largest absolute Gasteiger partial charge is 0.493 e. The van der Waals surface area contributed by atoms with Gasteiger partial charge in [0, 0.05) is 30.2 Å². The average Bonchev–Trinajstić information content (AvgIpc) is 3.32. The SMILES string of the molecule is COc1ccc(NC(=O)Cc2ccc(-c3ccncc3)c3ccccc23)cc1OC[C@@H]1CCCN1C. The Kier molecular flexibility index (Phi) is 7.14. The van der Waals surface area contributed by atoms with E-state index in [4.69, 9.17) is 9.47 Å². The number of likely N-dealkylation sites (tertiary alicyclic amines) is 1. The number of carbonyl (C=O) groups excluding carboxylic acids is 1. The molecular formula is C30H31N3O3. The number of likely N-dealkylation sites (N-methyl/N-ethyl adjacent to an activating group) is 1. The standard InChI is InChI=1S/C30H31N3O3/c1-33-17-5-6-24(33)20-36-29-19-23(10-12-28(29)35-2)32-30(34)18-22-9-11-26(21-13-15-31-16-14-21)27-8-4-3-7-25(22)27/h3-4,7-16,19,24H,5-6,17-18,20H2,1-2H3,(H,32,34)/t24-/m0/s1. The van der Waals surface area contributed by atoms with Gasteiger partial charge in [0.1, 0.15) is 6.61 Å². The summed E-state index contributed by atoms with van der Waals surface area (Å²) in [5, 5.41) is 5.22. The van der Waals surface area contributed by atoms with Gasteiger partial charge >= 0.3 is 0 Å². The summed E-state index contributed by atoms with van der Waals surface area (Å²) in [7, 11) is 3.76. The molecule has 4 aromatic rings. The third kappa shape index (κ3) is 5.19. The number of fused-ring (bicyclic) bond motifs is 1. The molecule has 1 fully saturated rings. The number of nitrogens with zero attached hydrogens (tertiary/aromatic N) is 2. The highest BCUT2D eigenvalue weighted by Crippen LogP contribution is 2.33. The first-order valence-electron chi connectivity index (χ1n) is 12.3. The fourth-order valence-electron chi connectivity index (χ4n) is 4.92. The molecule has 1 N–H and O–H groups in total. The fraction of sp³-hybridized carbons (Fsp3) is 0.267. The van der Waals surface area contributed by atoms with Gasteiger partial charge in [0.05, 0.1) is 13.5 Å². The van der Waals surface area contributed by atoms with E-state index >= 15 is 0 Å². The van der Waals surface area contributed by atoms with E-state index in [0.717, 1.165) is 40.4 Å². The van der Waals surface area contributed by atoms with Crippen LogP contribution in [0.1, 0.15) is 18.4 Å². The van der Waals surface area contributed by atoms with Crippen LogP contribution in [-0.2, 0) is 11.2 Å². The molecule has 0 unspecified atom stereocenters. The van der Waals surface area contributed by atoms with Crippen LogP contribution >= 0.6 is 0 Å². The van der Waals surface area contributed by atoms with Gasteiger partial charge in [0.25, 0.3) is 0 Å². The Hall–Kier alpha value is -3.90. The number of ether oxygens (including phenoxy) is 2. The van der Waals surface area contributed by atoms with Crippen LogP contribution in [0.15, 0.2) is 79.1 Å². The molecule has 6 nitrogen and oxygen atoms in total. The zero-order valence-corrected chi connectivity index (χ0v) is 20.7. The quantitative estimate of drug-likeness (QED) is 0.357. The highest BCUT2D eigenvalue weighted by Gasteiger charge is 2.22. The van der Waals surface area contributed by atoms with E-state index in [1.807, 2.05) is 48.5 Å². The van der Waals surface area contributed by atoms with E-state index in [9.17, 15) is 4.79 Å². The molecule has 0 radical (unpaired) electrons. The Morgan fingerprint density at radius 1 is 1.03 bits per heavy atom. The van der Waals surface area contributed by atoms with Crippen molar-refractivity contribution in [2.24, 2.45) is 0 Å². The van der Waals surface area contributed by atoms with Crippen molar-refractivity contribution in [2.75, 3.05) is 32.6 Å². The molecule has 184 valence electrons. The van der Waals surface area contributed by atoms with Gasteiger partial charge in [-0.3, -0.25) is 9.78 Å². The number of nitrogens with one attached hydrogen (secondary N) is 1. The van der Waals surface area contributed by atoms with E-state index in [-0.39, 0.29) is 12.3 Å².